The average molecular weight is 438 g/mol. The van der Waals surface area contributed by atoms with Crippen LogP contribution in [0.1, 0.15) is 47.4 Å². The molecule has 1 fully saturated rings. The lowest BCUT2D eigenvalue weighted by atomic mass is 9.99. The third kappa shape index (κ3) is 5.87. The van der Waals surface area contributed by atoms with Crippen LogP contribution in [0.4, 0.5) is 0 Å². The highest BCUT2D eigenvalue weighted by Crippen LogP contribution is 2.16. The molecule has 0 spiro atoms. The van der Waals surface area contributed by atoms with Crippen molar-refractivity contribution in [3.63, 3.8) is 0 Å². The standard InChI is InChI=1S/C25H31N3O4/c1-17(2)22(27-24(30)19-9-11-21(32-3)12-10-19)25(31)28-15-13-20(14-16-28)26-23(29)18-7-5-4-6-8-18/h4-12,17,20,22H,13-16H2,1-3H3,(H,26,29)(H,27,30). The predicted molar refractivity (Wildman–Crippen MR) is 123 cm³/mol. The van der Waals surface area contributed by atoms with Crippen LogP contribution in [0.15, 0.2) is 54.6 Å². The molecule has 0 aliphatic carbocycles. The van der Waals surface area contributed by atoms with Crippen LogP contribution in [-0.2, 0) is 4.79 Å². The van der Waals surface area contributed by atoms with Crippen LogP contribution in [0.5, 0.6) is 5.75 Å². The molecule has 32 heavy (non-hydrogen) atoms. The third-order valence-corrected chi connectivity index (χ3v) is 5.75. The Kier molecular flexibility index (Phi) is 7.87. The number of hydrogen-bond acceptors (Lipinski definition) is 4. The molecule has 2 aromatic rings. The van der Waals surface area contributed by atoms with Crippen LogP contribution in [0.25, 0.3) is 0 Å². The van der Waals surface area contributed by atoms with Crippen LogP contribution in [0.2, 0.25) is 0 Å². The Hall–Kier alpha value is -3.35. The van der Waals surface area contributed by atoms with Gasteiger partial charge >= 0.3 is 0 Å². The quantitative estimate of drug-likeness (QED) is 0.697. The van der Waals surface area contributed by atoms with Gasteiger partial charge in [0.05, 0.1) is 7.11 Å². The lowest BCUT2D eigenvalue weighted by molar-refractivity contribution is -0.135. The maximum atomic E-state index is 13.2. The maximum Gasteiger partial charge on any atom is 0.251 e. The summed E-state index contributed by atoms with van der Waals surface area (Å²) in [4.78, 5) is 40.0. The van der Waals surface area contributed by atoms with Gasteiger partial charge in [-0.05, 0) is 55.2 Å². The van der Waals surface area contributed by atoms with Crippen molar-refractivity contribution < 1.29 is 19.1 Å². The van der Waals surface area contributed by atoms with E-state index in [0.29, 0.717) is 42.8 Å². The van der Waals surface area contributed by atoms with E-state index in [1.165, 1.54) is 0 Å². The van der Waals surface area contributed by atoms with Crippen molar-refractivity contribution in [1.29, 1.82) is 0 Å². The summed E-state index contributed by atoms with van der Waals surface area (Å²) in [6.45, 7) is 4.92. The van der Waals surface area contributed by atoms with Crippen molar-refractivity contribution in [3.8, 4) is 5.75 Å². The number of piperidine rings is 1. The summed E-state index contributed by atoms with van der Waals surface area (Å²) in [5, 5.41) is 5.94. The van der Waals surface area contributed by atoms with Gasteiger partial charge in [0, 0.05) is 30.3 Å². The second-order valence-electron chi connectivity index (χ2n) is 8.36. The first-order chi connectivity index (χ1) is 15.4. The van der Waals surface area contributed by atoms with Crippen LogP contribution < -0.4 is 15.4 Å². The third-order valence-electron chi connectivity index (χ3n) is 5.75. The zero-order chi connectivity index (χ0) is 23.1. The molecule has 7 nitrogen and oxygen atoms in total. The Bertz CT molecular complexity index is 920. The fraction of sp³-hybridized carbons (Fsp3) is 0.400. The van der Waals surface area contributed by atoms with Gasteiger partial charge in [0.15, 0.2) is 0 Å². The normalized spacial score (nSPS) is 15.2. The fourth-order valence-corrected chi connectivity index (χ4v) is 3.78. The van der Waals surface area contributed by atoms with Gasteiger partial charge in [-0.2, -0.15) is 0 Å². The number of likely N-dealkylation sites (tertiary alicyclic amines) is 1. The van der Waals surface area contributed by atoms with Crippen molar-refractivity contribution in [2.24, 2.45) is 5.92 Å². The number of hydrogen-bond donors (Lipinski definition) is 2. The molecule has 3 amide bonds. The van der Waals surface area contributed by atoms with Gasteiger partial charge in [0.2, 0.25) is 5.91 Å². The topological polar surface area (TPSA) is 87.7 Å². The molecule has 1 unspecified atom stereocenters. The summed E-state index contributed by atoms with van der Waals surface area (Å²) in [6.07, 6.45) is 1.36. The van der Waals surface area contributed by atoms with E-state index >= 15 is 0 Å². The first-order valence-electron chi connectivity index (χ1n) is 11.0. The Morgan fingerprint density at radius 3 is 2.06 bits per heavy atom. The highest BCUT2D eigenvalue weighted by atomic mass is 16.5. The Morgan fingerprint density at radius 2 is 1.50 bits per heavy atom. The maximum absolute atomic E-state index is 13.2. The highest BCUT2D eigenvalue weighted by Gasteiger charge is 2.31. The molecule has 1 aliphatic rings. The summed E-state index contributed by atoms with van der Waals surface area (Å²) in [6, 6.07) is 15.3. The Balaban J connectivity index is 1.55. The number of benzene rings is 2. The molecule has 1 aliphatic heterocycles. The number of ether oxygens (including phenoxy) is 1. The molecule has 1 saturated heterocycles. The summed E-state index contributed by atoms with van der Waals surface area (Å²) >= 11 is 0. The van der Waals surface area contributed by atoms with Gasteiger partial charge in [0.25, 0.3) is 11.8 Å². The van der Waals surface area contributed by atoms with E-state index in [2.05, 4.69) is 10.6 Å². The molecule has 170 valence electrons. The molecule has 2 N–H and O–H groups in total. The first-order valence-corrected chi connectivity index (χ1v) is 11.0. The Morgan fingerprint density at radius 1 is 0.906 bits per heavy atom. The fourth-order valence-electron chi connectivity index (χ4n) is 3.78. The van der Waals surface area contributed by atoms with Crippen LogP contribution in [0, 0.1) is 5.92 Å². The molecule has 0 aromatic heterocycles. The zero-order valence-electron chi connectivity index (χ0n) is 18.8. The van der Waals surface area contributed by atoms with E-state index in [9.17, 15) is 14.4 Å². The van der Waals surface area contributed by atoms with Gasteiger partial charge in [-0.15, -0.1) is 0 Å². The van der Waals surface area contributed by atoms with Crippen molar-refractivity contribution in [2.45, 2.75) is 38.8 Å². The smallest absolute Gasteiger partial charge is 0.251 e. The van der Waals surface area contributed by atoms with Gasteiger partial charge in [-0.3, -0.25) is 14.4 Å². The SMILES string of the molecule is COc1ccc(C(=O)NC(C(=O)N2CCC(NC(=O)c3ccccc3)CC2)C(C)C)cc1. The minimum Gasteiger partial charge on any atom is -0.497 e. The molecule has 1 atom stereocenters. The van der Waals surface area contributed by atoms with Crippen LogP contribution in [-0.4, -0.2) is 54.9 Å². The molecule has 1 heterocycles. The number of amides is 3. The molecular formula is C25H31N3O4. The van der Waals surface area contributed by atoms with Crippen LogP contribution >= 0.6 is 0 Å². The lowest BCUT2D eigenvalue weighted by Crippen LogP contribution is -2.54. The highest BCUT2D eigenvalue weighted by molar-refractivity contribution is 5.97. The number of carbonyl (C=O) groups is 3. The van der Waals surface area contributed by atoms with E-state index < -0.39 is 6.04 Å². The second-order valence-corrected chi connectivity index (χ2v) is 8.36. The minimum absolute atomic E-state index is 0.0261. The lowest BCUT2D eigenvalue weighted by Gasteiger charge is -2.35. The summed E-state index contributed by atoms with van der Waals surface area (Å²) < 4.78 is 5.12. The van der Waals surface area contributed by atoms with E-state index in [-0.39, 0.29) is 29.7 Å². The van der Waals surface area contributed by atoms with Crippen LogP contribution in [0.3, 0.4) is 0 Å². The molecule has 7 heteroatoms. The molecular weight excluding hydrogens is 406 g/mol. The van der Waals surface area contributed by atoms with E-state index in [0.717, 1.165) is 0 Å². The Labute approximate surface area is 189 Å². The summed E-state index contributed by atoms with van der Waals surface area (Å²) in [7, 11) is 1.57. The van der Waals surface area contributed by atoms with E-state index in [1.807, 2.05) is 32.0 Å². The molecule has 2 aromatic carbocycles. The van der Waals surface area contributed by atoms with Crippen molar-refractivity contribution in [2.75, 3.05) is 20.2 Å². The number of rotatable bonds is 7. The molecule has 3 rings (SSSR count). The average Bonchev–Trinajstić information content (AvgIpc) is 2.82. The summed E-state index contributed by atoms with van der Waals surface area (Å²) in [5.74, 6) is 0.141. The van der Waals surface area contributed by atoms with Gasteiger partial charge in [-0.25, -0.2) is 0 Å². The van der Waals surface area contributed by atoms with Gasteiger partial charge in [-0.1, -0.05) is 32.0 Å². The zero-order valence-corrected chi connectivity index (χ0v) is 18.8. The molecule has 0 bridgehead atoms. The number of methoxy groups -OCH3 is 1. The second kappa shape index (κ2) is 10.8. The van der Waals surface area contributed by atoms with E-state index in [4.69, 9.17) is 4.74 Å². The molecule has 0 saturated carbocycles. The largest absolute Gasteiger partial charge is 0.497 e. The van der Waals surface area contributed by atoms with Crippen molar-refractivity contribution in [1.82, 2.24) is 15.5 Å². The van der Waals surface area contributed by atoms with Crippen molar-refractivity contribution >= 4 is 17.7 Å². The van der Waals surface area contributed by atoms with Gasteiger partial charge in [0.1, 0.15) is 11.8 Å². The number of nitrogens with zero attached hydrogens (tertiary/aromatic N) is 1. The van der Waals surface area contributed by atoms with Crippen molar-refractivity contribution in [3.05, 3.63) is 65.7 Å². The number of nitrogens with one attached hydrogen (secondary N) is 2. The monoisotopic (exact) mass is 437 g/mol. The first kappa shape index (κ1) is 23.3. The minimum atomic E-state index is -0.611. The predicted octanol–water partition coefficient (Wildman–Crippen LogP) is 2.87. The van der Waals surface area contributed by atoms with Gasteiger partial charge < -0.3 is 20.3 Å². The number of carbonyl (C=O) groups excluding carboxylic acids is 3. The summed E-state index contributed by atoms with van der Waals surface area (Å²) in [5.41, 5.74) is 1.11. The molecule has 0 radical (unpaired) electrons. The van der Waals surface area contributed by atoms with E-state index in [1.54, 1.807) is 48.4 Å².